The predicted octanol–water partition coefficient (Wildman–Crippen LogP) is 3.49. The monoisotopic (exact) mass is 276 g/mol. The normalized spacial score (nSPS) is 14.3. The molecule has 102 valence electrons. The molecule has 0 aliphatic rings. The minimum atomic E-state index is 0.186. The Balaban J connectivity index is 2.08. The molecule has 0 radical (unpaired) electrons. The Labute approximate surface area is 118 Å². The van der Waals surface area contributed by atoms with E-state index in [0.29, 0.717) is 6.61 Å². The number of ether oxygens (including phenoxy) is 1. The maximum atomic E-state index is 5.32. The number of hydrogen-bond acceptors (Lipinski definition) is 4. The lowest BCUT2D eigenvalue weighted by atomic mass is 10.1. The average Bonchev–Trinajstić information content (AvgIpc) is 2.86. The van der Waals surface area contributed by atoms with Gasteiger partial charge in [-0.2, -0.15) is 0 Å². The fourth-order valence-corrected chi connectivity index (χ4v) is 2.85. The van der Waals surface area contributed by atoms with Gasteiger partial charge < -0.3 is 4.74 Å². The van der Waals surface area contributed by atoms with Gasteiger partial charge in [-0.1, -0.05) is 30.3 Å². The standard InChI is InChI=1S/C15H20N2OS/c1-11-10-19-15(16-11)12(2)17-14(9-18-3)13-7-5-4-6-8-13/h4-8,10,12,14,17H,9H2,1-3H3. The minimum Gasteiger partial charge on any atom is -0.383 e. The van der Waals surface area contributed by atoms with Crippen LogP contribution in [0.3, 0.4) is 0 Å². The van der Waals surface area contributed by atoms with E-state index < -0.39 is 0 Å². The first-order valence-electron chi connectivity index (χ1n) is 6.42. The van der Waals surface area contributed by atoms with Gasteiger partial charge in [0.05, 0.1) is 18.7 Å². The van der Waals surface area contributed by atoms with E-state index in [-0.39, 0.29) is 12.1 Å². The van der Waals surface area contributed by atoms with Crippen LogP contribution in [0, 0.1) is 6.92 Å². The summed E-state index contributed by atoms with van der Waals surface area (Å²) in [5, 5.41) is 6.79. The van der Waals surface area contributed by atoms with Crippen LogP contribution in [-0.4, -0.2) is 18.7 Å². The Kier molecular flexibility index (Phi) is 5.07. The van der Waals surface area contributed by atoms with Gasteiger partial charge in [0.15, 0.2) is 0 Å². The summed E-state index contributed by atoms with van der Waals surface area (Å²) in [6.45, 7) is 4.82. The van der Waals surface area contributed by atoms with Gasteiger partial charge in [0.1, 0.15) is 5.01 Å². The molecule has 0 saturated heterocycles. The third kappa shape index (κ3) is 3.86. The van der Waals surface area contributed by atoms with Gasteiger partial charge in [0, 0.05) is 18.2 Å². The van der Waals surface area contributed by atoms with Crippen LogP contribution >= 0.6 is 11.3 Å². The molecule has 0 fully saturated rings. The molecule has 0 amide bonds. The van der Waals surface area contributed by atoms with Crippen LogP contribution in [0.15, 0.2) is 35.7 Å². The number of rotatable bonds is 6. The van der Waals surface area contributed by atoms with Crippen LogP contribution in [0.25, 0.3) is 0 Å². The molecule has 1 heterocycles. The Morgan fingerprint density at radius 2 is 2.05 bits per heavy atom. The quantitative estimate of drug-likeness (QED) is 0.877. The molecule has 2 aromatic rings. The van der Waals surface area contributed by atoms with E-state index in [2.05, 4.69) is 46.9 Å². The summed E-state index contributed by atoms with van der Waals surface area (Å²) in [5.41, 5.74) is 2.32. The molecule has 0 bridgehead atoms. The predicted molar refractivity (Wildman–Crippen MR) is 79.5 cm³/mol. The van der Waals surface area contributed by atoms with E-state index in [4.69, 9.17) is 4.74 Å². The van der Waals surface area contributed by atoms with Crippen LogP contribution in [0.1, 0.15) is 35.3 Å². The van der Waals surface area contributed by atoms with Crippen molar-refractivity contribution in [3.63, 3.8) is 0 Å². The SMILES string of the molecule is COCC(NC(C)c1nc(C)cs1)c1ccccc1. The van der Waals surface area contributed by atoms with Gasteiger partial charge in [-0.05, 0) is 19.4 Å². The molecule has 2 atom stereocenters. The van der Waals surface area contributed by atoms with Crippen LogP contribution in [0.5, 0.6) is 0 Å². The zero-order chi connectivity index (χ0) is 13.7. The highest BCUT2D eigenvalue weighted by Crippen LogP contribution is 2.22. The van der Waals surface area contributed by atoms with Gasteiger partial charge in [-0.15, -0.1) is 11.3 Å². The van der Waals surface area contributed by atoms with Crippen molar-refractivity contribution in [2.75, 3.05) is 13.7 Å². The number of nitrogens with one attached hydrogen (secondary N) is 1. The summed E-state index contributed by atoms with van der Waals surface area (Å²) in [5.74, 6) is 0. The molecule has 1 N–H and O–H groups in total. The van der Waals surface area contributed by atoms with Crippen LogP contribution in [0.2, 0.25) is 0 Å². The molecule has 2 rings (SSSR count). The molecule has 0 aliphatic heterocycles. The minimum absolute atomic E-state index is 0.186. The topological polar surface area (TPSA) is 34.1 Å². The largest absolute Gasteiger partial charge is 0.383 e. The van der Waals surface area contributed by atoms with Crippen molar-refractivity contribution < 1.29 is 4.74 Å². The zero-order valence-electron chi connectivity index (χ0n) is 11.6. The molecule has 0 saturated carbocycles. The molecular weight excluding hydrogens is 256 g/mol. The fourth-order valence-electron chi connectivity index (χ4n) is 2.04. The lowest BCUT2D eigenvalue weighted by Gasteiger charge is -2.22. The van der Waals surface area contributed by atoms with Gasteiger partial charge in [-0.25, -0.2) is 4.98 Å². The second kappa shape index (κ2) is 6.80. The molecule has 1 aromatic heterocycles. The zero-order valence-corrected chi connectivity index (χ0v) is 12.4. The molecule has 3 nitrogen and oxygen atoms in total. The van der Waals surface area contributed by atoms with E-state index in [0.717, 1.165) is 10.7 Å². The van der Waals surface area contributed by atoms with Crippen LogP contribution in [0.4, 0.5) is 0 Å². The molecule has 19 heavy (non-hydrogen) atoms. The van der Waals surface area contributed by atoms with Crippen molar-refractivity contribution in [3.8, 4) is 0 Å². The van der Waals surface area contributed by atoms with E-state index in [1.54, 1.807) is 18.4 Å². The highest BCUT2D eigenvalue weighted by atomic mass is 32.1. The first-order valence-corrected chi connectivity index (χ1v) is 7.30. The second-order valence-electron chi connectivity index (χ2n) is 4.63. The Morgan fingerprint density at radius 1 is 1.32 bits per heavy atom. The maximum absolute atomic E-state index is 5.32. The van der Waals surface area contributed by atoms with Gasteiger partial charge in [0.25, 0.3) is 0 Å². The number of hydrogen-bond donors (Lipinski definition) is 1. The summed E-state index contributed by atoms with van der Waals surface area (Å²) in [4.78, 5) is 4.53. The number of aryl methyl sites for hydroxylation is 1. The molecule has 1 aromatic carbocycles. The lowest BCUT2D eigenvalue weighted by molar-refractivity contribution is 0.162. The molecule has 0 spiro atoms. The summed E-state index contributed by atoms with van der Waals surface area (Å²) in [6, 6.07) is 10.8. The number of benzene rings is 1. The van der Waals surface area contributed by atoms with E-state index in [1.807, 2.05) is 13.0 Å². The van der Waals surface area contributed by atoms with Crippen molar-refractivity contribution >= 4 is 11.3 Å². The van der Waals surface area contributed by atoms with Crippen molar-refractivity contribution in [2.45, 2.75) is 25.9 Å². The van der Waals surface area contributed by atoms with Crippen molar-refractivity contribution in [1.29, 1.82) is 0 Å². The number of aromatic nitrogens is 1. The molecular formula is C15H20N2OS. The van der Waals surface area contributed by atoms with E-state index in [1.165, 1.54) is 5.56 Å². The Bertz CT molecular complexity index is 498. The maximum Gasteiger partial charge on any atom is 0.110 e. The number of methoxy groups -OCH3 is 1. The molecule has 4 heteroatoms. The summed E-state index contributed by atoms with van der Waals surface area (Å²) in [7, 11) is 1.73. The smallest absolute Gasteiger partial charge is 0.110 e. The first-order chi connectivity index (χ1) is 9.20. The van der Waals surface area contributed by atoms with Crippen molar-refractivity contribution in [1.82, 2.24) is 10.3 Å². The van der Waals surface area contributed by atoms with Crippen molar-refractivity contribution in [2.24, 2.45) is 0 Å². The highest BCUT2D eigenvalue weighted by Gasteiger charge is 2.16. The Hall–Kier alpha value is -1.23. The molecule has 2 unspecified atom stereocenters. The second-order valence-corrected chi connectivity index (χ2v) is 5.52. The number of thiazole rings is 1. The van der Waals surface area contributed by atoms with E-state index in [9.17, 15) is 0 Å². The lowest BCUT2D eigenvalue weighted by Crippen LogP contribution is -2.28. The van der Waals surface area contributed by atoms with E-state index >= 15 is 0 Å². The van der Waals surface area contributed by atoms with Crippen molar-refractivity contribution in [3.05, 3.63) is 52.0 Å². The van der Waals surface area contributed by atoms with Gasteiger partial charge >= 0.3 is 0 Å². The Morgan fingerprint density at radius 3 is 2.63 bits per heavy atom. The van der Waals surface area contributed by atoms with Gasteiger partial charge in [0.2, 0.25) is 0 Å². The fraction of sp³-hybridized carbons (Fsp3) is 0.400. The van der Waals surface area contributed by atoms with Gasteiger partial charge in [-0.3, -0.25) is 5.32 Å². The number of nitrogens with zero attached hydrogens (tertiary/aromatic N) is 1. The average molecular weight is 276 g/mol. The highest BCUT2D eigenvalue weighted by molar-refractivity contribution is 7.09. The van der Waals surface area contributed by atoms with Crippen LogP contribution in [-0.2, 0) is 4.74 Å². The summed E-state index contributed by atoms with van der Waals surface area (Å²) in [6.07, 6.45) is 0. The summed E-state index contributed by atoms with van der Waals surface area (Å²) < 4.78 is 5.32. The first kappa shape index (κ1) is 14.2. The van der Waals surface area contributed by atoms with Crippen LogP contribution < -0.4 is 5.32 Å². The molecule has 0 aliphatic carbocycles. The third-order valence-corrected chi connectivity index (χ3v) is 4.14. The third-order valence-electron chi connectivity index (χ3n) is 2.99. The summed E-state index contributed by atoms with van der Waals surface area (Å²) >= 11 is 1.70.